The Bertz CT molecular complexity index is 719. The molecule has 126 valence electrons. The van der Waals surface area contributed by atoms with Crippen molar-refractivity contribution in [1.29, 1.82) is 0 Å². The molecule has 3 aliphatic rings. The summed E-state index contributed by atoms with van der Waals surface area (Å²) in [6.45, 7) is 3.36. The van der Waals surface area contributed by atoms with Crippen molar-refractivity contribution in [3.8, 4) is 10.6 Å². The fourth-order valence-corrected chi connectivity index (χ4v) is 4.48. The number of carbonyl (C=O) groups is 1. The summed E-state index contributed by atoms with van der Waals surface area (Å²) in [6.07, 6.45) is 4.11. The number of amides is 1. The summed E-state index contributed by atoms with van der Waals surface area (Å²) < 4.78 is 0. The first-order valence-corrected chi connectivity index (χ1v) is 9.32. The molecule has 1 amide bonds. The molecule has 0 saturated carbocycles. The van der Waals surface area contributed by atoms with E-state index in [0.717, 1.165) is 22.8 Å². The summed E-state index contributed by atoms with van der Waals surface area (Å²) in [5, 5.41) is 7.22. The highest BCUT2D eigenvalue weighted by atomic mass is 32.1. The normalized spacial score (nSPS) is 25.5. The van der Waals surface area contributed by atoms with Gasteiger partial charge in [-0.05, 0) is 56.1 Å². The highest BCUT2D eigenvalue weighted by molar-refractivity contribution is 7.16. The molecule has 5 rings (SSSR count). The van der Waals surface area contributed by atoms with Crippen LogP contribution in [0.25, 0.3) is 10.6 Å². The number of anilines is 1. The Morgan fingerprint density at radius 2 is 2.00 bits per heavy atom. The van der Waals surface area contributed by atoms with Crippen LogP contribution in [-0.4, -0.2) is 48.5 Å². The van der Waals surface area contributed by atoms with Crippen LogP contribution >= 0.6 is 11.3 Å². The Labute approximate surface area is 146 Å². The average molecular weight is 342 g/mol. The Kier molecular flexibility index (Phi) is 4.24. The monoisotopic (exact) mass is 342 g/mol. The van der Waals surface area contributed by atoms with Crippen LogP contribution in [0.3, 0.4) is 0 Å². The summed E-state index contributed by atoms with van der Waals surface area (Å²) in [6, 6.07) is 8.38. The van der Waals surface area contributed by atoms with Gasteiger partial charge in [0.2, 0.25) is 0 Å². The van der Waals surface area contributed by atoms with E-state index in [2.05, 4.69) is 20.5 Å². The second-order valence-corrected chi connectivity index (χ2v) is 7.61. The van der Waals surface area contributed by atoms with Crippen molar-refractivity contribution in [3.63, 3.8) is 0 Å². The summed E-state index contributed by atoms with van der Waals surface area (Å²) in [7, 11) is 1.90. The highest BCUT2D eigenvalue weighted by Crippen LogP contribution is 2.29. The third-order valence-electron chi connectivity index (χ3n) is 5.12. The van der Waals surface area contributed by atoms with Gasteiger partial charge in [-0.15, -0.1) is 11.3 Å². The van der Waals surface area contributed by atoms with Gasteiger partial charge in [0.15, 0.2) is 0 Å². The van der Waals surface area contributed by atoms with E-state index in [-0.39, 0.29) is 5.91 Å². The lowest BCUT2D eigenvalue weighted by atomic mass is 9.84. The van der Waals surface area contributed by atoms with Gasteiger partial charge in [-0.2, -0.15) is 0 Å². The third-order valence-corrected chi connectivity index (χ3v) is 6.17. The summed E-state index contributed by atoms with van der Waals surface area (Å²) in [5.41, 5.74) is 2.11. The van der Waals surface area contributed by atoms with Gasteiger partial charge in [-0.3, -0.25) is 4.79 Å². The van der Waals surface area contributed by atoms with Gasteiger partial charge in [0.25, 0.3) is 5.91 Å². The first kappa shape index (κ1) is 15.6. The van der Waals surface area contributed by atoms with E-state index in [9.17, 15) is 4.79 Å². The van der Waals surface area contributed by atoms with Crippen LogP contribution in [0.15, 0.2) is 30.5 Å². The standard InChI is InChI=1S/C18H22N4OS/c1-19-14-4-2-13(3-5-14)18-20-10-16(24-18)17(23)21-15-11-22-8-6-12(15)7-9-22/h2-5,10,12,15,19H,6-9,11H2,1H3,(H,21,23). The van der Waals surface area contributed by atoms with Gasteiger partial charge >= 0.3 is 0 Å². The van der Waals surface area contributed by atoms with Crippen molar-refractivity contribution < 1.29 is 4.79 Å². The van der Waals surface area contributed by atoms with E-state index in [0.29, 0.717) is 16.8 Å². The minimum atomic E-state index is 0.0179. The van der Waals surface area contributed by atoms with E-state index >= 15 is 0 Å². The van der Waals surface area contributed by atoms with E-state index in [1.165, 1.54) is 37.3 Å². The number of hydrogen-bond acceptors (Lipinski definition) is 5. The molecular formula is C18H22N4OS. The number of fused-ring (bicyclic) bond motifs is 3. The van der Waals surface area contributed by atoms with Crippen LogP contribution in [-0.2, 0) is 0 Å². The predicted molar refractivity (Wildman–Crippen MR) is 97.5 cm³/mol. The first-order valence-electron chi connectivity index (χ1n) is 8.50. The molecular weight excluding hydrogens is 320 g/mol. The fourth-order valence-electron chi connectivity index (χ4n) is 3.66. The van der Waals surface area contributed by atoms with E-state index < -0.39 is 0 Å². The minimum Gasteiger partial charge on any atom is -0.388 e. The molecule has 0 aliphatic carbocycles. The fraction of sp³-hybridized carbons (Fsp3) is 0.444. The third kappa shape index (κ3) is 3.03. The van der Waals surface area contributed by atoms with Crippen LogP contribution in [0.1, 0.15) is 22.5 Å². The van der Waals surface area contributed by atoms with E-state index in [1.807, 2.05) is 31.3 Å². The number of piperidine rings is 3. The summed E-state index contributed by atoms with van der Waals surface area (Å²) >= 11 is 1.46. The number of carbonyl (C=O) groups excluding carboxylic acids is 1. The Hall–Kier alpha value is -1.92. The maximum Gasteiger partial charge on any atom is 0.263 e. The van der Waals surface area contributed by atoms with Crippen molar-refractivity contribution in [2.24, 2.45) is 5.92 Å². The molecule has 0 radical (unpaired) electrons. The summed E-state index contributed by atoms with van der Waals surface area (Å²) in [4.78, 5) is 20.1. The topological polar surface area (TPSA) is 57.3 Å². The minimum absolute atomic E-state index is 0.0179. The second kappa shape index (κ2) is 6.53. The molecule has 6 heteroatoms. The maximum absolute atomic E-state index is 12.6. The van der Waals surface area contributed by atoms with Crippen molar-refractivity contribution in [1.82, 2.24) is 15.2 Å². The molecule has 3 saturated heterocycles. The number of hydrogen-bond donors (Lipinski definition) is 2. The van der Waals surface area contributed by atoms with Gasteiger partial charge in [0.1, 0.15) is 9.88 Å². The van der Waals surface area contributed by atoms with E-state index in [4.69, 9.17) is 0 Å². The molecule has 24 heavy (non-hydrogen) atoms. The highest BCUT2D eigenvalue weighted by Gasteiger charge is 2.35. The lowest BCUT2D eigenvalue weighted by Gasteiger charge is -2.44. The molecule has 5 nitrogen and oxygen atoms in total. The SMILES string of the molecule is CNc1ccc(-c2ncc(C(=O)NC3CN4CCC3CC4)s2)cc1. The largest absolute Gasteiger partial charge is 0.388 e. The number of nitrogens with zero attached hydrogens (tertiary/aromatic N) is 2. The molecule has 2 bridgehead atoms. The van der Waals surface area contributed by atoms with E-state index in [1.54, 1.807) is 6.20 Å². The zero-order valence-electron chi connectivity index (χ0n) is 13.8. The predicted octanol–water partition coefficient (Wildman–Crippen LogP) is 2.68. The van der Waals surface area contributed by atoms with Gasteiger partial charge in [-0.1, -0.05) is 0 Å². The van der Waals surface area contributed by atoms with Crippen molar-refractivity contribution in [2.75, 3.05) is 32.0 Å². The molecule has 1 unspecified atom stereocenters. The lowest BCUT2D eigenvalue weighted by molar-refractivity contribution is 0.0622. The van der Waals surface area contributed by atoms with Gasteiger partial charge in [0.05, 0.1) is 6.20 Å². The number of benzene rings is 1. The molecule has 3 aliphatic heterocycles. The molecule has 2 N–H and O–H groups in total. The molecule has 4 heterocycles. The average Bonchev–Trinajstić information content (AvgIpc) is 3.13. The van der Waals surface area contributed by atoms with Crippen LogP contribution in [0.5, 0.6) is 0 Å². The molecule has 3 fully saturated rings. The number of nitrogens with one attached hydrogen (secondary N) is 2. The quantitative estimate of drug-likeness (QED) is 0.897. The number of thiazole rings is 1. The first-order chi connectivity index (χ1) is 11.7. The van der Waals surface area contributed by atoms with Gasteiger partial charge in [0, 0.05) is 30.9 Å². The zero-order valence-corrected chi connectivity index (χ0v) is 14.6. The van der Waals surface area contributed by atoms with Crippen LogP contribution < -0.4 is 10.6 Å². The van der Waals surface area contributed by atoms with Crippen LogP contribution in [0, 0.1) is 5.92 Å². The summed E-state index contributed by atoms with van der Waals surface area (Å²) in [5.74, 6) is 0.657. The molecule has 1 aromatic heterocycles. The Morgan fingerprint density at radius 1 is 1.25 bits per heavy atom. The Balaban J connectivity index is 1.44. The van der Waals surface area contributed by atoms with Crippen LogP contribution in [0.4, 0.5) is 5.69 Å². The molecule has 0 spiro atoms. The zero-order chi connectivity index (χ0) is 16.5. The van der Waals surface area contributed by atoms with Crippen molar-refractivity contribution in [3.05, 3.63) is 35.3 Å². The van der Waals surface area contributed by atoms with Crippen molar-refractivity contribution >= 4 is 22.9 Å². The van der Waals surface area contributed by atoms with Gasteiger partial charge < -0.3 is 15.5 Å². The molecule has 2 aromatic rings. The van der Waals surface area contributed by atoms with Gasteiger partial charge in [-0.25, -0.2) is 4.98 Å². The van der Waals surface area contributed by atoms with Crippen molar-refractivity contribution in [2.45, 2.75) is 18.9 Å². The maximum atomic E-state index is 12.6. The van der Waals surface area contributed by atoms with Crippen LogP contribution in [0.2, 0.25) is 0 Å². The smallest absolute Gasteiger partial charge is 0.263 e. The molecule has 1 atom stereocenters. The number of aromatic nitrogens is 1. The lowest BCUT2D eigenvalue weighted by Crippen LogP contribution is -2.57. The number of rotatable bonds is 4. The Morgan fingerprint density at radius 3 is 2.62 bits per heavy atom. The second-order valence-electron chi connectivity index (χ2n) is 6.58. The molecule has 1 aromatic carbocycles.